The van der Waals surface area contributed by atoms with Crippen molar-refractivity contribution in [2.24, 2.45) is 5.92 Å². The van der Waals surface area contributed by atoms with Gasteiger partial charge in [0, 0.05) is 43.6 Å². The Morgan fingerprint density at radius 3 is 2.70 bits per heavy atom. The minimum atomic E-state index is -0.690. The maximum Gasteiger partial charge on any atom is 0.160 e. The molecule has 0 amide bonds. The van der Waals surface area contributed by atoms with E-state index in [1.165, 1.54) is 18.2 Å². The molecule has 3 atom stereocenters. The number of benzene rings is 1. The third-order valence-corrected chi connectivity index (χ3v) is 4.65. The molecule has 2 aliphatic rings. The van der Waals surface area contributed by atoms with Crippen molar-refractivity contribution in [1.29, 1.82) is 0 Å². The average molecular weight is 319 g/mol. The molecule has 1 N–H and O–H groups in total. The number of ether oxygens (including phenoxy) is 1. The maximum absolute atomic E-state index is 13.0. The van der Waals surface area contributed by atoms with E-state index in [9.17, 15) is 14.3 Å². The van der Waals surface area contributed by atoms with Gasteiger partial charge in [-0.2, -0.15) is 0 Å². The quantitative estimate of drug-likeness (QED) is 0.923. The van der Waals surface area contributed by atoms with Crippen LogP contribution in [0.4, 0.5) is 4.39 Å². The Labute approximate surface area is 135 Å². The van der Waals surface area contributed by atoms with Gasteiger partial charge < -0.3 is 14.7 Å². The lowest BCUT2D eigenvalue weighted by Gasteiger charge is -2.34. The molecular formula is C18H22FNO3. The first-order chi connectivity index (χ1) is 11.0. The zero-order valence-electron chi connectivity index (χ0n) is 13.2. The van der Waals surface area contributed by atoms with E-state index in [1.807, 2.05) is 24.1 Å². The van der Waals surface area contributed by atoms with Crippen LogP contribution in [0.5, 0.6) is 0 Å². The molecule has 0 bridgehead atoms. The van der Waals surface area contributed by atoms with Gasteiger partial charge >= 0.3 is 0 Å². The van der Waals surface area contributed by atoms with E-state index in [1.54, 1.807) is 0 Å². The van der Waals surface area contributed by atoms with Crippen LogP contribution in [0.2, 0.25) is 0 Å². The Kier molecular flexibility index (Phi) is 4.78. The molecule has 1 aromatic carbocycles. The summed E-state index contributed by atoms with van der Waals surface area (Å²) in [6.45, 7) is 2.04. The van der Waals surface area contributed by atoms with Crippen LogP contribution in [-0.2, 0) is 9.53 Å². The standard InChI is InChI=1S/C18H22FNO3/c1-20(17-7-16(21)8-18(17)22)9-12-6-14(11-23-10-12)13-2-4-15(19)5-3-13/h2-5,7,12,14,18,22H,6,8-11H2,1H3. The number of rotatable bonds is 4. The van der Waals surface area contributed by atoms with Crippen LogP contribution >= 0.6 is 0 Å². The van der Waals surface area contributed by atoms with Crippen molar-refractivity contribution in [3.63, 3.8) is 0 Å². The monoisotopic (exact) mass is 319 g/mol. The summed E-state index contributed by atoms with van der Waals surface area (Å²) in [5.74, 6) is 0.316. The van der Waals surface area contributed by atoms with Crippen molar-refractivity contribution in [2.75, 3.05) is 26.8 Å². The van der Waals surface area contributed by atoms with Crippen LogP contribution in [0.25, 0.3) is 0 Å². The van der Waals surface area contributed by atoms with Crippen LogP contribution in [0, 0.1) is 11.7 Å². The first kappa shape index (κ1) is 16.1. The molecule has 1 aliphatic carbocycles. The second-order valence-corrected chi connectivity index (χ2v) is 6.52. The Hall–Kier alpha value is -1.72. The summed E-state index contributed by atoms with van der Waals surface area (Å²) in [5.41, 5.74) is 1.79. The van der Waals surface area contributed by atoms with Crippen LogP contribution in [-0.4, -0.2) is 48.7 Å². The molecule has 3 rings (SSSR count). The molecule has 0 saturated carbocycles. The normalized spacial score (nSPS) is 27.9. The molecule has 0 spiro atoms. The van der Waals surface area contributed by atoms with Crippen LogP contribution in [0.1, 0.15) is 24.3 Å². The van der Waals surface area contributed by atoms with E-state index in [0.717, 1.165) is 18.5 Å². The van der Waals surface area contributed by atoms with E-state index in [-0.39, 0.29) is 23.9 Å². The summed E-state index contributed by atoms with van der Waals surface area (Å²) in [4.78, 5) is 13.4. The lowest BCUT2D eigenvalue weighted by Crippen LogP contribution is -2.35. The highest BCUT2D eigenvalue weighted by molar-refractivity contribution is 5.93. The lowest BCUT2D eigenvalue weighted by atomic mass is 9.87. The molecule has 1 heterocycles. The Morgan fingerprint density at radius 1 is 1.30 bits per heavy atom. The third-order valence-electron chi connectivity index (χ3n) is 4.65. The fourth-order valence-corrected chi connectivity index (χ4v) is 3.48. The summed E-state index contributed by atoms with van der Waals surface area (Å²) < 4.78 is 18.8. The molecule has 1 aliphatic heterocycles. The number of hydrogen-bond acceptors (Lipinski definition) is 4. The minimum Gasteiger partial charge on any atom is -0.386 e. The highest BCUT2D eigenvalue weighted by Gasteiger charge is 2.29. The highest BCUT2D eigenvalue weighted by atomic mass is 19.1. The number of carbonyl (C=O) groups excluding carboxylic acids is 1. The van der Waals surface area contributed by atoms with Crippen LogP contribution < -0.4 is 0 Å². The number of allylic oxidation sites excluding steroid dienone is 1. The van der Waals surface area contributed by atoms with Gasteiger partial charge in [0.2, 0.25) is 0 Å². The average Bonchev–Trinajstić information content (AvgIpc) is 2.87. The number of aliphatic hydroxyl groups is 1. The number of likely N-dealkylation sites (N-methyl/N-ethyl adjacent to an activating group) is 1. The molecule has 1 saturated heterocycles. The van der Waals surface area contributed by atoms with Gasteiger partial charge in [-0.05, 0) is 24.1 Å². The SMILES string of the molecule is CN(CC1COCC(c2ccc(F)cc2)C1)C1=CC(=O)CC1O. The molecule has 3 unspecified atom stereocenters. The van der Waals surface area contributed by atoms with E-state index >= 15 is 0 Å². The predicted molar refractivity (Wildman–Crippen MR) is 84.4 cm³/mol. The smallest absolute Gasteiger partial charge is 0.160 e. The number of carbonyl (C=O) groups is 1. The number of halogens is 1. The van der Waals surface area contributed by atoms with Gasteiger partial charge in [0.25, 0.3) is 0 Å². The maximum atomic E-state index is 13.0. The highest BCUT2D eigenvalue weighted by Crippen LogP contribution is 2.30. The number of aliphatic hydroxyl groups excluding tert-OH is 1. The largest absolute Gasteiger partial charge is 0.386 e. The summed E-state index contributed by atoms with van der Waals surface area (Å²) >= 11 is 0. The second kappa shape index (κ2) is 6.81. The van der Waals surface area contributed by atoms with Crippen molar-refractivity contribution < 1.29 is 19.0 Å². The number of hydrogen-bond donors (Lipinski definition) is 1. The van der Waals surface area contributed by atoms with E-state index in [0.29, 0.717) is 24.8 Å². The Morgan fingerprint density at radius 2 is 2.04 bits per heavy atom. The molecule has 23 heavy (non-hydrogen) atoms. The second-order valence-electron chi connectivity index (χ2n) is 6.52. The molecule has 0 aromatic heterocycles. The summed E-state index contributed by atoms with van der Waals surface area (Å²) in [6, 6.07) is 6.60. The van der Waals surface area contributed by atoms with E-state index in [2.05, 4.69) is 0 Å². The van der Waals surface area contributed by atoms with Gasteiger partial charge in [0.1, 0.15) is 11.9 Å². The summed E-state index contributed by atoms with van der Waals surface area (Å²) in [6.07, 6.45) is 1.97. The van der Waals surface area contributed by atoms with Gasteiger partial charge in [-0.1, -0.05) is 12.1 Å². The van der Waals surface area contributed by atoms with Crippen molar-refractivity contribution in [1.82, 2.24) is 4.90 Å². The molecule has 1 aromatic rings. The Bertz CT molecular complexity index is 599. The molecule has 5 heteroatoms. The summed E-state index contributed by atoms with van der Waals surface area (Å²) in [7, 11) is 1.90. The minimum absolute atomic E-state index is 0.0246. The zero-order chi connectivity index (χ0) is 16.4. The first-order valence-electron chi connectivity index (χ1n) is 7.99. The fourth-order valence-electron chi connectivity index (χ4n) is 3.48. The number of nitrogens with zero attached hydrogens (tertiary/aromatic N) is 1. The van der Waals surface area contributed by atoms with Crippen LogP contribution in [0.3, 0.4) is 0 Å². The first-order valence-corrected chi connectivity index (χ1v) is 7.99. The molecular weight excluding hydrogens is 297 g/mol. The van der Waals surface area contributed by atoms with Gasteiger partial charge in [-0.25, -0.2) is 4.39 Å². The predicted octanol–water partition coefficient (Wildman–Crippen LogP) is 2.10. The van der Waals surface area contributed by atoms with Crippen molar-refractivity contribution in [3.8, 4) is 0 Å². The molecule has 124 valence electrons. The lowest BCUT2D eigenvalue weighted by molar-refractivity contribution is -0.115. The molecule has 1 fully saturated rings. The molecule has 0 radical (unpaired) electrons. The van der Waals surface area contributed by atoms with Gasteiger partial charge in [-0.3, -0.25) is 4.79 Å². The van der Waals surface area contributed by atoms with Crippen molar-refractivity contribution in [3.05, 3.63) is 47.4 Å². The van der Waals surface area contributed by atoms with E-state index < -0.39 is 6.10 Å². The Balaban J connectivity index is 1.61. The summed E-state index contributed by atoms with van der Waals surface area (Å²) in [5, 5.41) is 9.92. The van der Waals surface area contributed by atoms with Gasteiger partial charge in [0.05, 0.1) is 13.2 Å². The number of ketones is 1. The third kappa shape index (κ3) is 3.79. The van der Waals surface area contributed by atoms with E-state index in [4.69, 9.17) is 4.74 Å². The van der Waals surface area contributed by atoms with Crippen molar-refractivity contribution in [2.45, 2.75) is 24.9 Å². The molecule has 4 nitrogen and oxygen atoms in total. The topological polar surface area (TPSA) is 49.8 Å². The van der Waals surface area contributed by atoms with Crippen LogP contribution in [0.15, 0.2) is 36.0 Å². The van der Waals surface area contributed by atoms with Crippen molar-refractivity contribution >= 4 is 5.78 Å². The van der Waals surface area contributed by atoms with Gasteiger partial charge in [0.15, 0.2) is 5.78 Å². The van der Waals surface area contributed by atoms with Gasteiger partial charge in [-0.15, -0.1) is 0 Å². The fraction of sp³-hybridized carbons (Fsp3) is 0.500. The zero-order valence-corrected chi connectivity index (χ0v) is 13.2.